The van der Waals surface area contributed by atoms with Crippen LogP contribution in [-0.2, 0) is 4.74 Å². The minimum Gasteiger partial charge on any atom is -0.370 e. The topological polar surface area (TPSA) is 211 Å². The molecule has 2 aromatic heterocycles. The summed E-state index contributed by atoms with van der Waals surface area (Å²) >= 11 is 20.8. The Balaban J connectivity index is 1.38. The number of rotatable bonds is 7. The van der Waals surface area contributed by atoms with Gasteiger partial charge in [-0.05, 0) is 81.8 Å². The maximum Gasteiger partial charge on any atom is 0.348 e. The van der Waals surface area contributed by atoms with Gasteiger partial charge in [0.05, 0.1) is 29.4 Å². The van der Waals surface area contributed by atoms with Crippen LogP contribution in [0.1, 0.15) is 21.0 Å². The number of ether oxygens (including phenoxy) is 1. The highest BCUT2D eigenvalue weighted by molar-refractivity contribution is 9.13. The summed E-state index contributed by atoms with van der Waals surface area (Å²) < 4.78 is 10.2. The first-order chi connectivity index (χ1) is 19.8. The van der Waals surface area contributed by atoms with Crippen molar-refractivity contribution < 1.29 is 24.0 Å². The lowest BCUT2D eigenvalue weighted by Gasteiger charge is -2.36. The van der Waals surface area contributed by atoms with E-state index in [-0.39, 0.29) is 36.8 Å². The van der Waals surface area contributed by atoms with E-state index in [0.717, 1.165) is 0 Å². The second-order valence-electron chi connectivity index (χ2n) is 10.6. The third kappa shape index (κ3) is 4.27. The lowest BCUT2D eigenvalue weighted by atomic mass is 9.77. The van der Waals surface area contributed by atoms with Crippen LogP contribution in [0.3, 0.4) is 0 Å². The molecule has 2 amide bonds. The number of aliphatic imine (C=N–C) groups is 1. The number of methoxy groups -OCH3 is 1. The number of aromatic nitrogens is 2. The fraction of sp³-hybridized carbons (Fsp3) is 0.478. The van der Waals surface area contributed by atoms with E-state index < -0.39 is 46.8 Å². The molecular formula is C23H26Br4ClN10O4+. The number of hydrogen-bond donors (Lipinski definition) is 9. The van der Waals surface area contributed by atoms with Crippen LogP contribution in [-0.4, -0.2) is 92.6 Å². The molecule has 11 N–H and O–H groups in total. The summed E-state index contributed by atoms with van der Waals surface area (Å²) in [4.78, 5) is 36.7. The molecule has 0 bridgehead atoms. The Labute approximate surface area is 277 Å². The molecule has 8 atom stereocenters. The lowest BCUT2D eigenvalue weighted by molar-refractivity contribution is -0.623. The first kappa shape index (κ1) is 30.2. The van der Waals surface area contributed by atoms with E-state index >= 15 is 0 Å². The normalized spacial score (nSPS) is 34.4. The summed E-state index contributed by atoms with van der Waals surface area (Å²) in [5, 5.41) is 23.5. The molecule has 1 saturated carbocycles. The third-order valence-corrected chi connectivity index (χ3v) is 12.8. The third-order valence-electron chi connectivity index (χ3n) is 8.54. The fourth-order valence-electron chi connectivity index (χ4n) is 7.05. The van der Waals surface area contributed by atoms with Gasteiger partial charge in [0.25, 0.3) is 11.8 Å². The Hall–Kier alpha value is -1.83. The highest BCUT2D eigenvalue weighted by Crippen LogP contribution is 2.61. The number of halogens is 5. The quantitative estimate of drug-likeness (QED) is 0.142. The van der Waals surface area contributed by atoms with Crippen LogP contribution in [0.2, 0.25) is 0 Å². The van der Waals surface area contributed by atoms with E-state index in [1.807, 2.05) is 0 Å². The maximum absolute atomic E-state index is 13.2. The van der Waals surface area contributed by atoms with Gasteiger partial charge in [-0.1, -0.05) is 0 Å². The number of alkyl halides is 1. The number of hydrogen-bond acceptors (Lipinski definition) is 9. The number of fused-ring (bicyclic) bond motifs is 3. The molecule has 0 aromatic carbocycles. The zero-order valence-corrected chi connectivity index (χ0v) is 28.7. The van der Waals surface area contributed by atoms with Gasteiger partial charge in [-0.3, -0.25) is 15.3 Å². The van der Waals surface area contributed by atoms with Crippen molar-refractivity contribution in [2.45, 2.75) is 29.0 Å². The number of guanidine groups is 2. The Morgan fingerprint density at radius 3 is 2.12 bits per heavy atom. The van der Waals surface area contributed by atoms with Crippen LogP contribution in [0.4, 0.5) is 0 Å². The van der Waals surface area contributed by atoms with Crippen LogP contribution in [0.15, 0.2) is 35.3 Å². The number of nitrogens with one attached hydrogen (secondary N) is 6. The average Bonchev–Trinajstić information content (AvgIpc) is 3.71. The molecule has 5 heterocycles. The zero-order valence-electron chi connectivity index (χ0n) is 21.6. The Morgan fingerprint density at radius 2 is 1.62 bits per heavy atom. The van der Waals surface area contributed by atoms with Crippen molar-refractivity contribution in [1.82, 2.24) is 31.2 Å². The SMILES string of the molecule is CO[C@H]1NC(N)=[N+]2[C@H]3N=C(N)N[C@@]3(O)[C@@H]3[C@@H](CNC(=O)c4cc(Br)c(Br)[nH]4)[C@H](CNC(=O)c4cc(Br)c(Br)[nH]4)[C@@H](Cl)[C@@]132. The van der Waals surface area contributed by atoms with E-state index in [1.165, 1.54) is 7.11 Å². The van der Waals surface area contributed by atoms with Crippen LogP contribution >= 0.6 is 75.3 Å². The van der Waals surface area contributed by atoms with Crippen molar-refractivity contribution in [2.24, 2.45) is 34.2 Å². The highest BCUT2D eigenvalue weighted by atomic mass is 79.9. The largest absolute Gasteiger partial charge is 0.370 e. The first-order valence-corrected chi connectivity index (χ1v) is 16.3. The standard InChI is InChI=1S/C23H25Br4ClN10O4/c1-42-19-22-12(23(41)18(35-20(29)37-23)38(22)21(30)36-19)6(4-31-16(39)10-2-8(24)14(26)33-10)7(13(22)28)5-32-17(40)11-3-9(25)15(27)34-11/h2-3,6-7,12-13,18-19,41H,4-5H2,1H3,(H9,29,30,31,32,33,34,35,36,37,39,40)/p+1/t6-,7-,12+,13+,18+,19+,22+,23+/m0/s1. The predicted octanol–water partition coefficient (Wildman–Crippen LogP) is 0.610. The van der Waals surface area contributed by atoms with E-state index in [1.54, 1.807) is 16.7 Å². The number of nitrogens with two attached hydrogens (primary N) is 2. The first-order valence-electron chi connectivity index (χ1n) is 12.7. The van der Waals surface area contributed by atoms with Crippen molar-refractivity contribution in [2.75, 3.05) is 20.2 Å². The monoisotopic (exact) mass is 857 g/mol. The number of carbonyl (C=O) groups excluding carboxylic acids is 2. The van der Waals surface area contributed by atoms with E-state index in [4.69, 9.17) is 27.8 Å². The predicted molar refractivity (Wildman–Crippen MR) is 167 cm³/mol. The second-order valence-corrected chi connectivity index (χ2v) is 14.3. The Morgan fingerprint density at radius 1 is 1.07 bits per heavy atom. The summed E-state index contributed by atoms with van der Waals surface area (Å²) in [5.74, 6) is -2.19. The molecule has 0 unspecified atom stereocenters. The molecule has 2 fully saturated rings. The number of aromatic amines is 2. The van der Waals surface area contributed by atoms with Crippen molar-refractivity contribution in [3.8, 4) is 0 Å². The molecule has 1 saturated heterocycles. The number of H-pyrrole nitrogens is 2. The number of carbonyl (C=O) groups is 2. The molecule has 19 heteroatoms. The van der Waals surface area contributed by atoms with Crippen molar-refractivity contribution in [3.05, 3.63) is 41.7 Å². The zero-order chi connectivity index (χ0) is 30.3. The fourth-order valence-corrected chi connectivity index (χ4v) is 8.99. The smallest absolute Gasteiger partial charge is 0.348 e. The molecular weight excluding hydrogens is 835 g/mol. The minimum absolute atomic E-state index is 0.0411. The van der Waals surface area contributed by atoms with Gasteiger partial charge in [0.2, 0.25) is 18.1 Å². The lowest BCUT2D eigenvalue weighted by Crippen LogP contribution is -2.63. The van der Waals surface area contributed by atoms with E-state index in [2.05, 4.69) is 99.9 Å². The van der Waals surface area contributed by atoms with E-state index in [0.29, 0.717) is 29.5 Å². The van der Waals surface area contributed by atoms with Crippen LogP contribution in [0.25, 0.3) is 0 Å². The van der Waals surface area contributed by atoms with Gasteiger partial charge in [-0.2, -0.15) is 0 Å². The van der Waals surface area contributed by atoms with Crippen molar-refractivity contribution >= 4 is 99.1 Å². The number of nitrogens with zero attached hydrogens (tertiary/aromatic N) is 2. The summed E-state index contributed by atoms with van der Waals surface area (Å²) in [6, 6.07) is 3.30. The van der Waals surface area contributed by atoms with Crippen molar-refractivity contribution in [1.29, 1.82) is 0 Å². The van der Waals surface area contributed by atoms with E-state index in [9.17, 15) is 14.7 Å². The van der Waals surface area contributed by atoms with Gasteiger partial charge in [0.1, 0.15) is 11.4 Å². The molecule has 42 heavy (non-hydrogen) atoms. The molecule has 226 valence electrons. The molecule has 3 aliphatic heterocycles. The average molecular weight is 862 g/mol. The Bertz CT molecular complexity index is 1510. The molecule has 0 radical (unpaired) electrons. The van der Waals surface area contributed by atoms with Gasteiger partial charge in [0, 0.05) is 26.1 Å². The van der Waals surface area contributed by atoms with Gasteiger partial charge in [-0.15, -0.1) is 11.6 Å². The highest BCUT2D eigenvalue weighted by Gasteiger charge is 2.84. The summed E-state index contributed by atoms with van der Waals surface area (Å²) in [5.41, 5.74) is 10.3. The van der Waals surface area contributed by atoms with Gasteiger partial charge in [0.15, 0.2) is 11.5 Å². The van der Waals surface area contributed by atoms with Crippen LogP contribution in [0, 0.1) is 17.8 Å². The molecule has 1 spiro atoms. The molecule has 1 aliphatic carbocycles. The van der Waals surface area contributed by atoms with Gasteiger partial charge < -0.3 is 41.5 Å². The molecule has 14 nitrogen and oxygen atoms in total. The summed E-state index contributed by atoms with van der Waals surface area (Å²) in [6.07, 6.45) is -1.66. The number of aliphatic hydroxyl groups is 1. The van der Waals surface area contributed by atoms with Crippen LogP contribution in [0.5, 0.6) is 0 Å². The Kier molecular flexibility index (Phi) is 7.67. The molecule has 4 aliphatic rings. The van der Waals surface area contributed by atoms with Gasteiger partial charge in [-0.25, -0.2) is 14.9 Å². The van der Waals surface area contributed by atoms with Crippen molar-refractivity contribution in [3.63, 3.8) is 0 Å². The molecule has 6 rings (SSSR count). The minimum atomic E-state index is -1.71. The summed E-state index contributed by atoms with van der Waals surface area (Å²) in [6.45, 7) is 0.199. The van der Waals surface area contributed by atoms with Crippen LogP contribution < -0.4 is 32.7 Å². The second kappa shape index (κ2) is 10.7. The number of amides is 2. The van der Waals surface area contributed by atoms with Gasteiger partial charge >= 0.3 is 5.96 Å². The maximum atomic E-state index is 13.2. The summed E-state index contributed by atoms with van der Waals surface area (Å²) in [7, 11) is 1.51. The molecule has 2 aromatic rings.